The van der Waals surface area contributed by atoms with E-state index >= 15 is 0 Å². The Hall–Kier alpha value is -2.11. The fraction of sp³-hybridized carbons (Fsp3) is 0.611. The quantitative estimate of drug-likeness (QED) is 0.627. The van der Waals surface area contributed by atoms with Crippen molar-refractivity contribution in [3.8, 4) is 0 Å². The number of rotatable bonds is 4. The van der Waals surface area contributed by atoms with Gasteiger partial charge in [0.05, 0.1) is 5.69 Å². The fourth-order valence-corrected chi connectivity index (χ4v) is 3.35. The predicted octanol–water partition coefficient (Wildman–Crippen LogP) is 2.38. The van der Waals surface area contributed by atoms with E-state index in [1.165, 1.54) is 6.08 Å². The van der Waals surface area contributed by atoms with Gasteiger partial charge in [0.25, 0.3) is 5.91 Å². The van der Waals surface area contributed by atoms with Gasteiger partial charge in [-0.05, 0) is 53.0 Å². The molecule has 2 rings (SSSR count). The number of amides is 1. The molecule has 1 aromatic heterocycles. The smallest absolute Gasteiger partial charge is 0.331 e. The van der Waals surface area contributed by atoms with Crippen LogP contribution in [0.5, 0.6) is 0 Å². The summed E-state index contributed by atoms with van der Waals surface area (Å²) in [5, 5.41) is 4.29. The Morgan fingerprint density at radius 1 is 1.25 bits per heavy atom. The van der Waals surface area contributed by atoms with Crippen LogP contribution >= 0.6 is 0 Å². The summed E-state index contributed by atoms with van der Waals surface area (Å²) in [6, 6.07) is 0.410. The van der Waals surface area contributed by atoms with Gasteiger partial charge in [-0.1, -0.05) is 0 Å². The minimum atomic E-state index is -0.511. The average molecular weight is 333 g/mol. The van der Waals surface area contributed by atoms with Gasteiger partial charge in [0, 0.05) is 36.5 Å². The molecule has 2 atom stereocenters. The van der Waals surface area contributed by atoms with Crippen LogP contribution in [0.3, 0.4) is 0 Å². The highest BCUT2D eigenvalue weighted by molar-refractivity contribution is 5.89. The molecule has 0 aromatic carbocycles. The zero-order valence-electron chi connectivity index (χ0n) is 15.2. The zero-order chi connectivity index (χ0) is 17.9. The highest BCUT2D eigenvalue weighted by Gasteiger charge is 2.29. The first-order valence-electron chi connectivity index (χ1n) is 8.47. The number of carbonyl (C=O) groups is 2. The zero-order valence-corrected chi connectivity index (χ0v) is 15.2. The molecule has 0 radical (unpaired) electrons. The maximum Gasteiger partial charge on any atom is 0.331 e. The molecule has 132 valence electrons. The van der Waals surface area contributed by atoms with Crippen molar-refractivity contribution in [1.29, 1.82) is 0 Å². The van der Waals surface area contributed by atoms with Crippen LogP contribution < -0.4 is 0 Å². The summed E-state index contributed by atoms with van der Waals surface area (Å²) in [6.07, 6.45) is 6.19. The van der Waals surface area contributed by atoms with Gasteiger partial charge in [-0.2, -0.15) is 5.10 Å². The third kappa shape index (κ3) is 4.04. The summed E-state index contributed by atoms with van der Waals surface area (Å²) in [5.74, 6) is -0.631. The molecule has 1 fully saturated rings. The highest BCUT2D eigenvalue weighted by atomic mass is 16.5. The Morgan fingerprint density at radius 2 is 1.88 bits per heavy atom. The number of hydrogen-bond acceptors (Lipinski definition) is 4. The summed E-state index contributed by atoms with van der Waals surface area (Å²) in [5.41, 5.74) is 2.73. The molecule has 0 bridgehead atoms. The number of aromatic nitrogens is 2. The minimum Gasteiger partial charge on any atom is -0.452 e. The molecule has 24 heavy (non-hydrogen) atoms. The van der Waals surface area contributed by atoms with Crippen LogP contribution in [0.1, 0.15) is 50.1 Å². The van der Waals surface area contributed by atoms with Gasteiger partial charge in [-0.25, -0.2) is 4.79 Å². The molecule has 0 saturated carbocycles. The lowest BCUT2D eigenvalue weighted by molar-refractivity contribution is -0.151. The van der Waals surface area contributed by atoms with Gasteiger partial charge in [-0.3, -0.25) is 9.48 Å². The van der Waals surface area contributed by atoms with Gasteiger partial charge >= 0.3 is 5.97 Å². The Balaban J connectivity index is 1.91. The van der Waals surface area contributed by atoms with E-state index in [-0.39, 0.29) is 24.6 Å². The van der Waals surface area contributed by atoms with Crippen LogP contribution in [0.15, 0.2) is 6.08 Å². The number of ether oxygens (including phenoxy) is 1. The van der Waals surface area contributed by atoms with Crippen molar-refractivity contribution in [2.75, 3.05) is 6.61 Å². The van der Waals surface area contributed by atoms with E-state index in [0.29, 0.717) is 0 Å². The second kappa shape index (κ2) is 7.64. The predicted molar refractivity (Wildman–Crippen MR) is 92.3 cm³/mol. The van der Waals surface area contributed by atoms with Crippen LogP contribution in [-0.4, -0.2) is 45.2 Å². The standard InChI is InChI=1S/C18H27N3O3/c1-12-7-6-8-13(2)21(12)17(22)11-24-18(23)10-9-16-14(3)19-20(5)15(16)4/h9-10,12-13H,6-8,11H2,1-5H3/b10-9+/t12-,13+. The molecule has 0 spiro atoms. The third-order valence-corrected chi connectivity index (χ3v) is 4.77. The fourth-order valence-electron chi connectivity index (χ4n) is 3.35. The number of aryl methyl sites for hydroxylation is 2. The van der Waals surface area contributed by atoms with Gasteiger partial charge in [0.2, 0.25) is 0 Å². The van der Waals surface area contributed by atoms with E-state index in [2.05, 4.69) is 5.10 Å². The molecule has 0 aliphatic carbocycles. The number of esters is 1. The van der Waals surface area contributed by atoms with Crippen LogP contribution in [0.4, 0.5) is 0 Å². The van der Waals surface area contributed by atoms with E-state index in [9.17, 15) is 9.59 Å². The second-order valence-corrected chi connectivity index (χ2v) is 6.58. The van der Waals surface area contributed by atoms with Gasteiger partial charge < -0.3 is 9.64 Å². The van der Waals surface area contributed by atoms with Crippen molar-refractivity contribution in [3.05, 3.63) is 23.0 Å². The summed E-state index contributed by atoms with van der Waals surface area (Å²) in [6.45, 7) is 7.71. The molecule has 1 aliphatic rings. The second-order valence-electron chi connectivity index (χ2n) is 6.58. The largest absolute Gasteiger partial charge is 0.452 e. The Labute approximate surface area is 143 Å². The first-order chi connectivity index (χ1) is 11.3. The maximum absolute atomic E-state index is 12.3. The van der Waals surface area contributed by atoms with Crippen molar-refractivity contribution >= 4 is 18.0 Å². The number of piperidine rings is 1. The van der Waals surface area contributed by atoms with Crippen molar-refractivity contribution in [2.24, 2.45) is 7.05 Å². The SMILES string of the molecule is Cc1nn(C)c(C)c1/C=C/C(=O)OCC(=O)N1[C@H](C)CCC[C@@H]1C. The molecule has 0 N–H and O–H groups in total. The highest BCUT2D eigenvalue weighted by Crippen LogP contribution is 2.22. The summed E-state index contributed by atoms with van der Waals surface area (Å²) in [4.78, 5) is 26.1. The lowest BCUT2D eigenvalue weighted by Crippen LogP contribution is -2.49. The summed E-state index contributed by atoms with van der Waals surface area (Å²) < 4.78 is 6.88. The first-order valence-corrected chi connectivity index (χ1v) is 8.47. The molecule has 2 heterocycles. The monoisotopic (exact) mass is 333 g/mol. The van der Waals surface area contributed by atoms with Crippen molar-refractivity contribution in [1.82, 2.24) is 14.7 Å². The molecule has 1 amide bonds. The average Bonchev–Trinajstić information content (AvgIpc) is 2.76. The Morgan fingerprint density at radius 3 is 2.42 bits per heavy atom. The number of likely N-dealkylation sites (tertiary alicyclic amines) is 1. The molecule has 6 heteroatoms. The van der Waals surface area contributed by atoms with E-state index in [0.717, 1.165) is 36.2 Å². The van der Waals surface area contributed by atoms with Gasteiger partial charge in [0.15, 0.2) is 6.61 Å². The van der Waals surface area contributed by atoms with Crippen LogP contribution in [0.2, 0.25) is 0 Å². The summed E-state index contributed by atoms with van der Waals surface area (Å²) in [7, 11) is 1.86. The van der Waals surface area contributed by atoms with Crippen LogP contribution in [0.25, 0.3) is 6.08 Å². The molecule has 0 unspecified atom stereocenters. The topological polar surface area (TPSA) is 64.4 Å². The molecule has 1 aliphatic heterocycles. The Kier molecular flexibility index (Phi) is 5.80. The Bertz CT molecular complexity index is 638. The normalized spacial score (nSPS) is 21.3. The van der Waals surface area contributed by atoms with E-state index in [1.807, 2.05) is 39.6 Å². The molecular formula is C18H27N3O3. The van der Waals surface area contributed by atoms with E-state index in [4.69, 9.17) is 4.74 Å². The lowest BCUT2D eigenvalue weighted by atomic mass is 9.97. The minimum absolute atomic E-state index is 0.120. The van der Waals surface area contributed by atoms with Gasteiger partial charge in [0.1, 0.15) is 0 Å². The van der Waals surface area contributed by atoms with Crippen molar-refractivity contribution in [3.63, 3.8) is 0 Å². The number of carbonyl (C=O) groups excluding carboxylic acids is 2. The van der Waals surface area contributed by atoms with E-state index in [1.54, 1.807) is 10.8 Å². The number of nitrogens with zero attached hydrogens (tertiary/aromatic N) is 3. The first kappa shape index (κ1) is 18.2. The molecule has 1 aromatic rings. The lowest BCUT2D eigenvalue weighted by Gasteiger charge is -2.38. The van der Waals surface area contributed by atoms with Crippen molar-refractivity contribution in [2.45, 2.75) is 59.0 Å². The molecular weight excluding hydrogens is 306 g/mol. The van der Waals surface area contributed by atoms with Crippen molar-refractivity contribution < 1.29 is 14.3 Å². The molecule has 6 nitrogen and oxygen atoms in total. The van der Waals surface area contributed by atoms with Crippen LogP contribution in [0, 0.1) is 13.8 Å². The van der Waals surface area contributed by atoms with Crippen LogP contribution in [-0.2, 0) is 21.4 Å². The third-order valence-electron chi connectivity index (χ3n) is 4.77. The number of hydrogen-bond donors (Lipinski definition) is 0. The molecule has 1 saturated heterocycles. The van der Waals surface area contributed by atoms with E-state index < -0.39 is 5.97 Å². The maximum atomic E-state index is 12.3. The summed E-state index contributed by atoms with van der Waals surface area (Å²) >= 11 is 0. The van der Waals surface area contributed by atoms with Gasteiger partial charge in [-0.15, -0.1) is 0 Å².